The number of carbonyl (C=O) groups excluding carboxylic acids is 1. The lowest BCUT2D eigenvalue weighted by molar-refractivity contribution is -0.152. The average Bonchev–Trinajstić information content (AvgIpc) is 3.65. The molecule has 0 radical (unpaired) electrons. The molecule has 0 spiro atoms. The van der Waals surface area contributed by atoms with Crippen molar-refractivity contribution in [3.05, 3.63) is 72.6 Å². The maximum atomic E-state index is 14.7. The van der Waals surface area contributed by atoms with Crippen LogP contribution in [0.15, 0.2) is 66.1 Å². The van der Waals surface area contributed by atoms with Gasteiger partial charge in [-0.15, -0.1) is 0 Å². The molecular weight excluding hydrogens is 597 g/mol. The highest BCUT2D eigenvalue weighted by Gasteiger charge is 2.48. The van der Waals surface area contributed by atoms with Gasteiger partial charge in [-0.2, -0.15) is 5.10 Å². The topological polar surface area (TPSA) is 134 Å². The van der Waals surface area contributed by atoms with E-state index < -0.39 is 15.8 Å². The summed E-state index contributed by atoms with van der Waals surface area (Å²) in [5.74, 6) is -0.0775. The number of fused-ring (bicyclic) bond motifs is 4. The third-order valence-electron chi connectivity index (χ3n) is 9.13. The molecule has 8 rings (SSSR count). The number of hydrogen-bond donors (Lipinski definition) is 1. The first-order valence-corrected chi connectivity index (χ1v) is 16.3. The number of halogens is 1. The normalized spacial score (nSPS) is 21.2. The first kappa shape index (κ1) is 29.1. The first-order chi connectivity index (χ1) is 21.6. The molecule has 2 atom stereocenters. The van der Waals surface area contributed by atoms with Gasteiger partial charge in [-0.05, 0) is 62.6 Å². The van der Waals surface area contributed by atoms with Crippen molar-refractivity contribution >= 4 is 32.8 Å². The summed E-state index contributed by atoms with van der Waals surface area (Å²) >= 11 is 0. The molecule has 1 aromatic carbocycles. The van der Waals surface area contributed by atoms with Crippen molar-refractivity contribution in [1.29, 1.82) is 0 Å². The Hall–Kier alpha value is -4.65. The summed E-state index contributed by atoms with van der Waals surface area (Å²) in [6, 6.07) is 9.30. The van der Waals surface area contributed by atoms with Gasteiger partial charge in [0.05, 0.1) is 36.0 Å². The SMILES string of the molecule is COC(=O)C1C2CCC(CC2)C1Nc1cc(-c2cnn(C)c2)nc(-c2cn(S(=O)(=O)c3ccc(C)cc3)c3ncc(F)cc23)n1. The lowest BCUT2D eigenvalue weighted by Crippen LogP contribution is -2.51. The first-order valence-electron chi connectivity index (χ1n) is 14.8. The Morgan fingerprint density at radius 3 is 2.44 bits per heavy atom. The van der Waals surface area contributed by atoms with E-state index in [2.05, 4.69) is 15.4 Å². The number of anilines is 1. The number of nitrogens with one attached hydrogen (secondary N) is 1. The Labute approximate surface area is 259 Å². The van der Waals surface area contributed by atoms with Gasteiger partial charge in [0.15, 0.2) is 11.5 Å². The molecule has 4 aromatic heterocycles. The zero-order valence-electron chi connectivity index (χ0n) is 25.0. The fourth-order valence-corrected chi connectivity index (χ4v) is 8.21. The molecule has 3 aliphatic carbocycles. The van der Waals surface area contributed by atoms with Crippen molar-refractivity contribution in [2.75, 3.05) is 12.4 Å². The number of carbonyl (C=O) groups is 1. The summed E-state index contributed by atoms with van der Waals surface area (Å²) in [7, 11) is -0.894. The van der Waals surface area contributed by atoms with Gasteiger partial charge < -0.3 is 10.1 Å². The van der Waals surface area contributed by atoms with E-state index in [4.69, 9.17) is 14.7 Å². The average molecular weight is 630 g/mol. The lowest BCUT2D eigenvalue weighted by atomic mass is 9.61. The molecule has 13 heteroatoms. The Kier molecular flexibility index (Phi) is 7.15. The number of pyridine rings is 1. The van der Waals surface area contributed by atoms with Gasteiger partial charge in [0, 0.05) is 48.1 Å². The summed E-state index contributed by atoms with van der Waals surface area (Å²) in [4.78, 5) is 26.8. The van der Waals surface area contributed by atoms with Crippen LogP contribution in [0.5, 0.6) is 0 Å². The largest absolute Gasteiger partial charge is 0.469 e. The van der Waals surface area contributed by atoms with Gasteiger partial charge in [0.25, 0.3) is 10.0 Å². The van der Waals surface area contributed by atoms with Gasteiger partial charge >= 0.3 is 5.97 Å². The maximum absolute atomic E-state index is 14.7. The third kappa shape index (κ3) is 5.14. The van der Waals surface area contributed by atoms with E-state index in [9.17, 15) is 17.6 Å². The van der Waals surface area contributed by atoms with Crippen molar-refractivity contribution in [3.8, 4) is 22.6 Å². The number of ether oxygens (including phenoxy) is 1. The number of aromatic nitrogens is 6. The summed E-state index contributed by atoms with van der Waals surface area (Å²) in [5.41, 5.74) is 2.48. The zero-order chi connectivity index (χ0) is 31.5. The smallest absolute Gasteiger partial charge is 0.311 e. The molecule has 0 amide bonds. The van der Waals surface area contributed by atoms with Crippen LogP contribution in [0.2, 0.25) is 0 Å². The third-order valence-corrected chi connectivity index (χ3v) is 10.8. The molecule has 1 N–H and O–H groups in total. The van der Waals surface area contributed by atoms with Crippen molar-refractivity contribution in [3.63, 3.8) is 0 Å². The van der Waals surface area contributed by atoms with E-state index in [1.807, 2.05) is 13.1 Å². The standard InChI is InChI=1S/C32H32FN7O4S/c1-18-4-10-23(11-5-18)45(42,43)40-17-25(24-12-22(33)15-34-31(24)40)30-36-26(21-14-35-39(2)16-21)13-27(38-30)37-29-20-8-6-19(7-9-20)28(29)32(41)44-3/h4-5,10-17,19-20,28-29H,6-9H2,1-3H3,(H,36,37,38). The highest BCUT2D eigenvalue weighted by atomic mass is 32.2. The minimum Gasteiger partial charge on any atom is -0.469 e. The molecule has 5 aromatic rings. The Morgan fingerprint density at radius 2 is 1.76 bits per heavy atom. The second-order valence-electron chi connectivity index (χ2n) is 11.9. The Morgan fingerprint density at radius 1 is 1.02 bits per heavy atom. The molecule has 4 heterocycles. The minimum absolute atomic E-state index is 0.0483. The van der Waals surface area contributed by atoms with Crippen LogP contribution in [-0.2, 0) is 26.6 Å². The van der Waals surface area contributed by atoms with Gasteiger partial charge in [-0.3, -0.25) is 9.48 Å². The molecule has 0 saturated heterocycles. The molecule has 0 aliphatic heterocycles. The minimum atomic E-state index is -4.10. The van der Waals surface area contributed by atoms with Gasteiger partial charge in [0.2, 0.25) is 0 Å². The van der Waals surface area contributed by atoms with Gasteiger partial charge in [-0.25, -0.2) is 31.7 Å². The quantitative estimate of drug-likeness (QED) is 0.248. The van der Waals surface area contributed by atoms with Crippen molar-refractivity contribution < 1.29 is 22.3 Å². The van der Waals surface area contributed by atoms with Crippen LogP contribution in [0.4, 0.5) is 10.2 Å². The lowest BCUT2D eigenvalue weighted by Gasteiger charge is -2.47. The molecule has 232 valence electrons. The number of hydrogen-bond acceptors (Lipinski definition) is 9. The molecule has 3 aliphatic rings. The van der Waals surface area contributed by atoms with E-state index in [1.165, 1.54) is 31.5 Å². The number of methoxy groups -OCH3 is 1. The molecule has 2 unspecified atom stereocenters. The van der Waals surface area contributed by atoms with Crippen LogP contribution >= 0.6 is 0 Å². The highest BCUT2D eigenvalue weighted by molar-refractivity contribution is 7.90. The fourth-order valence-electron chi connectivity index (χ4n) is 6.89. The molecule has 3 fully saturated rings. The van der Waals surface area contributed by atoms with Crippen molar-refractivity contribution in [2.24, 2.45) is 24.8 Å². The van der Waals surface area contributed by atoms with Crippen molar-refractivity contribution in [1.82, 2.24) is 28.7 Å². The van der Waals surface area contributed by atoms with Crippen LogP contribution in [0.1, 0.15) is 31.2 Å². The molecule has 3 saturated carbocycles. The molecule has 11 nitrogen and oxygen atoms in total. The summed E-state index contributed by atoms with van der Waals surface area (Å²) < 4.78 is 50.2. The zero-order valence-corrected chi connectivity index (χ0v) is 25.8. The van der Waals surface area contributed by atoms with Crippen LogP contribution in [0.3, 0.4) is 0 Å². The molecule has 2 bridgehead atoms. The fraction of sp³-hybridized carbons (Fsp3) is 0.344. The van der Waals surface area contributed by atoms with E-state index in [1.54, 1.807) is 36.1 Å². The number of aryl methyl sites for hydroxylation is 2. The predicted molar refractivity (Wildman–Crippen MR) is 165 cm³/mol. The summed E-state index contributed by atoms with van der Waals surface area (Å²) in [6.07, 6.45) is 9.80. The van der Waals surface area contributed by atoms with Crippen LogP contribution in [0, 0.1) is 30.5 Å². The van der Waals surface area contributed by atoms with Gasteiger partial charge in [-0.1, -0.05) is 17.7 Å². The number of rotatable bonds is 7. The number of benzene rings is 1. The summed E-state index contributed by atoms with van der Waals surface area (Å²) in [6.45, 7) is 1.87. The monoisotopic (exact) mass is 629 g/mol. The second kappa shape index (κ2) is 11.1. The Balaban J connectivity index is 1.39. The predicted octanol–water partition coefficient (Wildman–Crippen LogP) is 4.97. The van der Waals surface area contributed by atoms with Crippen LogP contribution in [0.25, 0.3) is 33.7 Å². The van der Waals surface area contributed by atoms with Crippen LogP contribution < -0.4 is 5.32 Å². The second-order valence-corrected chi connectivity index (χ2v) is 13.8. The van der Waals surface area contributed by atoms with E-state index in [0.717, 1.165) is 41.4 Å². The van der Waals surface area contributed by atoms with E-state index >= 15 is 0 Å². The molecule has 45 heavy (non-hydrogen) atoms. The molecular formula is C32H32FN7O4S. The maximum Gasteiger partial charge on any atom is 0.311 e. The van der Waals surface area contributed by atoms with E-state index in [0.29, 0.717) is 17.1 Å². The van der Waals surface area contributed by atoms with Crippen LogP contribution in [-0.4, -0.2) is 56.2 Å². The van der Waals surface area contributed by atoms with Crippen molar-refractivity contribution in [2.45, 2.75) is 43.5 Å². The van der Waals surface area contributed by atoms with E-state index in [-0.39, 0.29) is 57.1 Å². The number of esters is 1. The number of nitrogens with zero attached hydrogens (tertiary/aromatic N) is 6. The highest BCUT2D eigenvalue weighted by Crippen LogP contribution is 2.47. The van der Waals surface area contributed by atoms with Gasteiger partial charge in [0.1, 0.15) is 11.6 Å². The summed E-state index contributed by atoms with van der Waals surface area (Å²) in [5, 5.41) is 8.07. The Bertz CT molecular complexity index is 2030.